The Hall–Kier alpha value is -1.20. The lowest BCUT2D eigenvalue weighted by molar-refractivity contribution is -0.0504. The summed E-state index contributed by atoms with van der Waals surface area (Å²) in [5.41, 5.74) is 0.729. The van der Waals surface area contributed by atoms with E-state index in [0.29, 0.717) is 13.2 Å². The van der Waals surface area contributed by atoms with Gasteiger partial charge in [-0.05, 0) is 32.9 Å². The van der Waals surface area contributed by atoms with E-state index in [2.05, 4.69) is 10.1 Å². The molecular formula is C14H21F2NO2. The van der Waals surface area contributed by atoms with E-state index >= 15 is 0 Å². The van der Waals surface area contributed by atoms with Crippen LogP contribution in [0.15, 0.2) is 24.3 Å². The Balaban J connectivity index is 2.28. The molecule has 0 aliphatic carbocycles. The van der Waals surface area contributed by atoms with Crippen molar-refractivity contribution in [2.24, 2.45) is 0 Å². The molecule has 1 rings (SSSR count). The zero-order chi connectivity index (χ0) is 14.1. The predicted octanol–water partition coefficient (Wildman–Crippen LogP) is 3.19. The minimum absolute atomic E-state index is 0.225. The number of benzene rings is 1. The summed E-state index contributed by atoms with van der Waals surface area (Å²) < 4.78 is 34.3. The summed E-state index contributed by atoms with van der Waals surface area (Å²) in [6.45, 7) is 3.16. The first-order valence-corrected chi connectivity index (χ1v) is 6.44. The van der Waals surface area contributed by atoms with E-state index in [4.69, 9.17) is 4.74 Å². The molecular weight excluding hydrogens is 252 g/mol. The lowest BCUT2D eigenvalue weighted by Gasteiger charge is -2.11. The molecule has 0 fully saturated rings. The van der Waals surface area contributed by atoms with Crippen LogP contribution in [0.25, 0.3) is 0 Å². The van der Waals surface area contributed by atoms with Crippen molar-refractivity contribution < 1.29 is 18.3 Å². The molecule has 0 aromatic heterocycles. The van der Waals surface area contributed by atoms with Crippen molar-refractivity contribution in [1.29, 1.82) is 0 Å². The van der Waals surface area contributed by atoms with Gasteiger partial charge in [-0.1, -0.05) is 18.2 Å². The highest BCUT2D eigenvalue weighted by molar-refractivity contribution is 5.33. The van der Waals surface area contributed by atoms with Crippen LogP contribution >= 0.6 is 0 Å². The first kappa shape index (κ1) is 15.9. The van der Waals surface area contributed by atoms with Crippen LogP contribution in [0.4, 0.5) is 8.78 Å². The van der Waals surface area contributed by atoms with Gasteiger partial charge in [-0.3, -0.25) is 0 Å². The van der Waals surface area contributed by atoms with Gasteiger partial charge in [-0.2, -0.15) is 8.78 Å². The van der Waals surface area contributed by atoms with Crippen LogP contribution in [0, 0.1) is 0 Å². The smallest absolute Gasteiger partial charge is 0.387 e. The molecule has 0 bridgehead atoms. The highest BCUT2D eigenvalue weighted by Crippen LogP contribution is 2.19. The average Bonchev–Trinajstić information content (AvgIpc) is 2.34. The number of para-hydroxylation sites is 1. The zero-order valence-corrected chi connectivity index (χ0v) is 11.4. The first-order valence-electron chi connectivity index (χ1n) is 6.44. The SMILES string of the molecule is CC(C)OCCCNCc1ccccc1OC(F)F. The molecule has 0 spiro atoms. The highest BCUT2D eigenvalue weighted by atomic mass is 19.3. The van der Waals surface area contributed by atoms with E-state index < -0.39 is 6.61 Å². The minimum Gasteiger partial charge on any atom is -0.434 e. The lowest BCUT2D eigenvalue weighted by atomic mass is 10.2. The first-order chi connectivity index (χ1) is 9.09. The molecule has 0 radical (unpaired) electrons. The van der Waals surface area contributed by atoms with Gasteiger partial charge in [-0.15, -0.1) is 0 Å². The van der Waals surface area contributed by atoms with Crippen molar-refractivity contribution in [3.05, 3.63) is 29.8 Å². The molecule has 3 nitrogen and oxygen atoms in total. The molecule has 0 saturated heterocycles. The van der Waals surface area contributed by atoms with Crippen molar-refractivity contribution in [2.45, 2.75) is 39.5 Å². The van der Waals surface area contributed by atoms with Crippen LogP contribution in [0.1, 0.15) is 25.8 Å². The molecule has 1 aromatic carbocycles. The van der Waals surface area contributed by atoms with E-state index in [-0.39, 0.29) is 11.9 Å². The third kappa shape index (κ3) is 7.08. The largest absolute Gasteiger partial charge is 0.434 e. The fourth-order valence-corrected chi connectivity index (χ4v) is 1.60. The monoisotopic (exact) mass is 273 g/mol. The third-order valence-corrected chi connectivity index (χ3v) is 2.45. The molecule has 1 N–H and O–H groups in total. The number of halogens is 2. The molecule has 0 unspecified atom stereocenters. The van der Waals surface area contributed by atoms with Gasteiger partial charge in [0.25, 0.3) is 0 Å². The molecule has 0 aliphatic rings. The van der Waals surface area contributed by atoms with Crippen molar-refractivity contribution in [1.82, 2.24) is 5.32 Å². The van der Waals surface area contributed by atoms with Gasteiger partial charge in [0, 0.05) is 18.7 Å². The topological polar surface area (TPSA) is 30.5 Å². The fourth-order valence-electron chi connectivity index (χ4n) is 1.60. The Labute approximate surface area is 112 Å². The van der Waals surface area contributed by atoms with Crippen molar-refractivity contribution in [3.63, 3.8) is 0 Å². The van der Waals surface area contributed by atoms with Gasteiger partial charge < -0.3 is 14.8 Å². The van der Waals surface area contributed by atoms with Gasteiger partial charge >= 0.3 is 6.61 Å². The molecule has 0 aliphatic heterocycles. The van der Waals surface area contributed by atoms with Crippen molar-refractivity contribution >= 4 is 0 Å². The average molecular weight is 273 g/mol. The van der Waals surface area contributed by atoms with Gasteiger partial charge in [0.15, 0.2) is 0 Å². The number of hydrogen-bond acceptors (Lipinski definition) is 3. The van der Waals surface area contributed by atoms with Crippen LogP contribution in [0.5, 0.6) is 5.75 Å². The second kappa shape index (κ2) is 8.82. The summed E-state index contributed by atoms with van der Waals surface area (Å²) >= 11 is 0. The second-order valence-corrected chi connectivity index (χ2v) is 4.44. The standard InChI is InChI=1S/C14H21F2NO2/c1-11(2)18-9-5-8-17-10-12-6-3-4-7-13(12)19-14(15)16/h3-4,6-7,11,14,17H,5,8-10H2,1-2H3. The van der Waals surface area contributed by atoms with Crippen molar-refractivity contribution in [2.75, 3.05) is 13.2 Å². The summed E-state index contributed by atoms with van der Waals surface area (Å²) in [6, 6.07) is 6.80. The number of alkyl halides is 2. The van der Waals surface area contributed by atoms with Crippen LogP contribution in [-0.4, -0.2) is 25.9 Å². The van der Waals surface area contributed by atoms with Gasteiger partial charge in [-0.25, -0.2) is 0 Å². The molecule has 0 heterocycles. The Bertz CT molecular complexity index is 359. The molecule has 1 aromatic rings. The van der Waals surface area contributed by atoms with E-state index in [1.807, 2.05) is 13.8 Å². The number of hydrogen-bond donors (Lipinski definition) is 1. The van der Waals surface area contributed by atoms with E-state index in [9.17, 15) is 8.78 Å². The Morgan fingerprint density at radius 3 is 2.63 bits per heavy atom. The fraction of sp³-hybridized carbons (Fsp3) is 0.571. The van der Waals surface area contributed by atoms with Gasteiger partial charge in [0.05, 0.1) is 6.10 Å². The maximum absolute atomic E-state index is 12.2. The normalized spacial score (nSPS) is 11.3. The minimum atomic E-state index is -2.79. The molecule has 0 atom stereocenters. The maximum atomic E-state index is 12.2. The van der Waals surface area contributed by atoms with Crippen LogP contribution in [0.2, 0.25) is 0 Å². The van der Waals surface area contributed by atoms with E-state index in [1.165, 1.54) is 0 Å². The van der Waals surface area contributed by atoms with Gasteiger partial charge in [0.1, 0.15) is 5.75 Å². The highest BCUT2D eigenvalue weighted by Gasteiger charge is 2.08. The Morgan fingerprint density at radius 1 is 1.21 bits per heavy atom. The molecule has 0 saturated carbocycles. The second-order valence-electron chi connectivity index (χ2n) is 4.44. The van der Waals surface area contributed by atoms with Crippen molar-refractivity contribution in [3.8, 4) is 5.75 Å². The number of nitrogens with one attached hydrogen (secondary N) is 1. The summed E-state index contributed by atoms with van der Waals surface area (Å²) in [7, 11) is 0. The van der Waals surface area contributed by atoms with Crippen LogP contribution in [-0.2, 0) is 11.3 Å². The zero-order valence-electron chi connectivity index (χ0n) is 11.4. The summed E-state index contributed by atoms with van der Waals surface area (Å²) in [4.78, 5) is 0. The van der Waals surface area contributed by atoms with Crippen LogP contribution < -0.4 is 10.1 Å². The third-order valence-electron chi connectivity index (χ3n) is 2.45. The van der Waals surface area contributed by atoms with Gasteiger partial charge in [0.2, 0.25) is 0 Å². The van der Waals surface area contributed by atoms with E-state index in [1.54, 1.807) is 24.3 Å². The van der Waals surface area contributed by atoms with Crippen LogP contribution in [0.3, 0.4) is 0 Å². The number of rotatable bonds is 9. The maximum Gasteiger partial charge on any atom is 0.387 e. The molecule has 108 valence electrons. The lowest BCUT2D eigenvalue weighted by Crippen LogP contribution is -2.18. The molecule has 19 heavy (non-hydrogen) atoms. The Morgan fingerprint density at radius 2 is 1.95 bits per heavy atom. The Kier molecular flexibility index (Phi) is 7.36. The summed E-state index contributed by atoms with van der Waals surface area (Å²) in [6.07, 6.45) is 1.12. The number of ether oxygens (including phenoxy) is 2. The summed E-state index contributed by atoms with van der Waals surface area (Å²) in [5, 5.41) is 3.18. The molecule has 0 amide bonds. The quantitative estimate of drug-likeness (QED) is 0.701. The molecule has 5 heteroatoms. The van der Waals surface area contributed by atoms with E-state index in [0.717, 1.165) is 18.5 Å². The predicted molar refractivity (Wildman–Crippen MR) is 70.5 cm³/mol. The summed E-state index contributed by atoms with van der Waals surface area (Å²) in [5.74, 6) is 0.225.